The van der Waals surface area contributed by atoms with Crippen LogP contribution in [0.25, 0.3) is 16.4 Å². The number of fused-ring (bicyclic) bond motifs is 4. The Kier molecular flexibility index (Phi) is 20.7. The minimum absolute atomic E-state index is 0.152. The van der Waals surface area contributed by atoms with Crippen molar-refractivity contribution in [1.82, 2.24) is 19.6 Å². The molecule has 6 rings (SSSR count). The van der Waals surface area contributed by atoms with Gasteiger partial charge in [-0.05, 0) is 73.3 Å². The van der Waals surface area contributed by atoms with Crippen molar-refractivity contribution in [2.45, 2.75) is 13.3 Å². The zero-order valence-corrected chi connectivity index (χ0v) is 36.4. The summed E-state index contributed by atoms with van der Waals surface area (Å²) in [5, 5.41) is 8.06. The molecule has 61 heavy (non-hydrogen) atoms. The summed E-state index contributed by atoms with van der Waals surface area (Å²) < 4.78 is 34.2. The molecule has 0 saturated carbocycles. The molecule has 1 aliphatic rings. The number of amides is 2. The molecule has 0 atom stereocenters. The maximum atomic E-state index is 13.2. The molecule has 17 heteroatoms. The van der Waals surface area contributed by atoms with E-state index in [1.165, 1.54) is 30.0 Å². The molecule has 3 aromatic carbocycles. The average Bonchev–Trinajstić information content (AvgIpc) is 3.88. The first-order valence-corrected chi connectivity index (χ1v) is 20.7. The van der Waals surface area contributed by atoms with Gasteiger partial charge in [0.2, 0.25) is 0 Å². The van der Waals surface area contributed by atoms with Gasteiger partial charge >= 0.3 is 6.09 Å². The van der Waals surface area contributed by atoms with Crippen LogP contribution >= 0.6 is 11.6 Å². The maximum absolute atomic E-state index is 13.2. The number of aromatic nitrogens is 2. The Hall–Kier alpha value is -5.33. The summed E-state index contributed by atoms with van der Waals surface area (Å²) in [7, 11) is 5.48. The summed E-state index contributed by atoms with van der Waals surface area (Å²) >= 11 is 4.64. The van der Waals surface area contributed by atoms with Crippen LogP contribution in [-0.4, -0.2) is 139 Å². The predicted molar refractivity (Wildman–Crippen MR) is 238 cm³/mol. The number of benzene rings is 3. The summed E-state index contributed by atoms with van der Waals surface area (Å²) in [6, 6.07) is 18.3. The lowest BCUT2D eigenvalue weighted by Gasteiger charge is -2.23. The highest BCUT2D eigenvalue weighted by Crippen LogP contribution is 2.41. The number of pyridine rings is 1. The first-order chi connectivity index (χ1) is 29.8. The first-order valence-electron chi connectivity index (χ1n) is 19.9. The predicted octanol–water partition coefficient (Wildman–Crippen LogP) is 5.41. The van der Waals surface area contributed by atoms with Crippen LogP contribution in [0, 0.1) is 6.92 Å². The summed E-state index contributed by atoms with van der Waals surface area (Å²) in [5.74, 6) is 0.972. The van der Waals surface area contributed by atoms with Gasteiger partial charge in [0.1, 0.15) is 22.8 Å². The summed E-state index contributed by atoms with van der Waals surface area (Å²) in [6.45, 7) is 8.25. The van der Waals surface area contributed by atoms with E-state index < -0.39 is 0 Å². The number of anilines is 2. The Bertz CT molecular complexity index is 2130. The summed E-state index contributed by atoms with van der Waals surface area (Å²) in [4.78, 5) is 44.2. The van der Waals surface area contributed by atoms with Gasteiger partial charge in [-0.15, -0.1) is 11.6 Å². The van der Waals surface area contributed by atoms with Gasteiger partial charge in [-0.3, -0.25) is 9.59 Å². The fourth-order valence-electron chi connectivity index (χ4n) is 6.44. The second-order valence-electron chi connectivity index (χ2n) is 13.6. The number of aldehydes is 1. The molecule has 4 N–H and O–H groups in total. The van der Waals surface area contributed by atoms with E-state index in [1.54, 1.807) is 58.1 Å². The molecule has 16 nitrogen and oxygen atoms in total. The number of alkyl halides is 1. The molecule has 3 heterocycles. The molecular weight excluding hydrogens is 806 g/mol. The normalized spacial score (nSPS) is 11.6. The fourth-order valence-corrected chi connectivity index (χ4v) is 6.44. The minimum atomic E-state index is -0.374. The number of carbonyl (C=O) groups excluding carboxylic acids is 3. The van der Waals surface area contributed by atoms with Gasteiger partial charge in [-0.1, -0.05) is 18.2 Å². The van der Waals surface area contributed by atoms with Crippen LogP contribution < -0.4 is 30.7 Å². The van der Waals surface area contributed by atoms with Crippen molar-refractivity contribution < 1.29 is 42.8 Å². The number of hydrogen-bond donors (Lipinski definition) is 3. The number of ether oxygens (including phenoxy) is 6. The molecule has 2 amide bonds. The van der Waals surface area contributed by atoms with Gasteiger partial charge in [-0.25, -0.2) is 9.78 Å². The van der Waals surface area contributed by atoms with E-state index in [0.29, 0.717) is 106 Å². The molecule has 0 spiro atoms. The van der Waals surface area contributed by atoms with Gasteiger partial charge in [0.25, 0.3) is 5.91 Å². The van der Waals surface area contributed by atoms with Crippen LogP contribution in [0.2, 0.25) is 0 Å². The van der Waals surface area contributed by atoms with E-state index in [0.717, 1.165) is 24.0 Å². The quantitative estimate of drug-likeness (QED) is 0.0370. The standard InChI is InChI=1S/C26H40N4O5.C17H15N3O4.CH3Cl/c1-20-5-4-6-22-24(19-23-21(25(20)22)7-10-29(23)3)35-26(31)30(11-9-28-2)12-14-33-16-18-34-17-15-32-13-8-27;1-23-11-24-15-5-2-12(3-6-15)17(22)19-13-4-7-16-18-14(10-21)9-20(16)8-13;1-2/h4-6,19,28H,7-18,27H2,1-3H3;2-10H,11H2,1H3,(H,19,22);1H3. The number of nitrogens with one attached hydrogen (secondary N) is 2. The molecule has 5 aromatic rings. The summed E-state index contributed by atoms with van der Waals surface area (Å²) in [6.07, 6.45) is 6.07. The van der Waals surface area contributed by atoms with E-state index in [9.17, 15) is 14.4 Å². The molecular formula is C44H58ClN7O9. The van der Waals surface area contributed by atoms with Crippen molar-refractivity contribution in [1.29, 1.82) is 0 Å². The highest BCUT2D eigenvalue weighted by molar-refractivity contribution is 6.15. The number of hydrogen-bond acceptors (Lipinski definition) is 13. The zero-order valence-electron chi connectivity index (χ0n) is 35.6. The average molecular weight is 864 g/mol. The van der Waals surface area contributed by atoms with Crippen molar-refractivity contribution >= 4 is 57.7 Å². The van der Waals surface area contributed by atoms with E-state index in [4.69, 9.17) is 34.2 Å². The molecule has 0 aliphatic carbocycles. The van der Waals surface area contributed by atoms with Crippen molar-refractivity contribution in [3.8, 4) is 11.5 Å². The van der Waals surface area contributed by atoms with Crippen LogP contribution in [0.15, 0.2) is 73.1 Å². The fraction of sp³-hybridized carbons (Fsp3) is 0.409. The topological polar surface area (TPSA) is 180 Å². The van der Waals surface area contributed by atoms with Gasteiger partial charge < -0.3 is 59.0 Å². The molecule has 0 fully saturated rings. The van der Waals surface area contributed by atoms with Gasteiger partial charge in [-0.2, -0.15) is 0 Å². The maximum Gasteiger partial charge on any atom is 0.415 e. The first kappa shape index (κ1) is 48.3. The second kappa shape index (κ2) is 26.1. The van der Waals surface area contributed by atoms with Gasteiger partial charge in [0.15, 0.2) is 13.1 Å². The third-order valence-electron chi connectivity index (χ3n) is 9.43. The Morgan fingerprint density at radius 3 is 2.36 bits per heavy atom. The highest BCUT2D eigenvalue weighted by atomic mass is 35.5. The van der Waals surface area contributed by atoms with E-state index in [-0.39, 0.29) is 18.8 Å². The number of rotatable bonds is 21. The molecule has 0 radical (unpaired) electrons. The lowest BCUT2D eigenvalue weighted by Crippen LogP contribution is -2.40. The number of nitrogens with two attached hydrogens (primary N) is 1. The Morgan fingerprint density at radius 1 is 0.951 bits per heavy atom. The van der Waals surface area contributed by atoms with Crippen molar-refractivity contribution in [3.05, 3.63) is 95.4 Å². The second-order valence-corrected chi connectivity index (χ2v) is 13.6. The van der Waals surface area contributed by atoms with E-state index >= 15 is 0 Å². The summed E-state index contributed by atoms with van der Waals surface area (Å²) in [5.41, 5.74) is 11.1. The van der Waals surface area contributed by atoms with Crippen LogP contribution in [0.4, 0.5) is 16.2 Å². The largest absolute Gasteiger partial charge is 0.468 e. The number of carbonyl (C=O) groups is 3. The van der Waals surface area contributed by atoms with Crippen LogP contribution in [0.3, 0.4) is 0 Å². The molecule has 0 saturated heterocycles. The monoisotopic (exact) mass is 863 g/mol. The number of likely N-dealkylation sites (N-methyl/N-ethyl adjacent to an activating group) is 2. The van der Waals surface area contributed by atoms with E-state index in [2.05, 4.69) is 52.2 Å². The smallest absolute Gasteiger partial charge is 0.415 e. The Morgan fingerprint density at radius 2 is 1.67 bits per heavy atom. The number of nitrogens with zero attached hydrogens (tertiary/aromatic N) is 4. The Labute approximate surface area is 362 Å². The van der Waals surface area contributed by atoms with Crippen LogP contribution in [0.5, 0.6) is 11.5 Å². The number of methoxy groups -OCH3 is 1. The van der Waals surface area contributed by atoms with Gasteiger partial charge in [0, 0.05) is 88.4 Å². The minimum Gasteiger partial charge on any atom is -0.468 e. The van der Waals surface area contributed by atoms with Crippen LogP contribution in [0.1, 0.15) is 32.0 Å². The number of aryl methyl sites for hydroxylation is 1. The zero-order chi connectivity index (χ0) is 44.0. The lowest BCUT2D eigenvalue weighted by atomic mass is 9.97. The Balaban J connectivity index is 0.000000274. The number of halogens is 1. The molecule has 2 aromatic heterocycles. The van der Waals surface area contributed by atoms with E-state index in [1.807, 2.05) is 25.2 Å². The molecule has 0 unspecified atom stereocenters. The number of imidazole rings is 1. The highest BCUT2D eigenvalue weighted by Gasteiger charge is 2.24. The van der Waals surface area contributed by atoms with Crippen molar-refractivity contribution in [2.75, 3.05) is 117 Å². The van der Waals surface area contributed by atoms with Crippen LogP contribution in [-0.2, 0) is 25.4 Å². The van der Waals surface area contributed by atoms with Crippen molar-refractivity contribution in [2.24, 2.45) is 5.73 Å². The lowest BCUT2D eigenvalue weighted by molar-refractivity contribution is 0.0126. The van der Waals surface area contributed by atoms with Crippen molar-refractivity contribution in [3.63, 3.8) is 0 Å². The third-order valence-corrected chi connectivity index (χ3v) is 9.43. The third kappa shape index (κ3) is 14.4. The van der Waals surface area contributed by atoms with Gasteiger partial charge in [0.05, 0.1) is 45.3 Å². The molecule has 330 valence electrons. The molecule has 1 aliphatic heterocycles. The SMILES string of the molecule is CCl.CNCCN(CCOCCOCCOCCN)C(=O)Oc1cc2c(c3c(C)cccc13)CCN2C.COCOc1ccc(C(=O)Nc2ccc3nc(C=O)cn3c2)cc1. The molecule has 0 bridgehead atoms.